The molecule has 0 spiro atoms. The van der Waals surface area contributed by atoms with E-state index in [1.165, 1.54) is 12.1 Å². The van der Waals surface area contributed by atoms with E-state index in [9.17, 15) is 14.4 Å². The number of carbonyl (C=O) groups excluding carboxylic acids is 1. The maximum absolute atomic E-state index is 14.6. The van der Waals surface area contributed by atoms with Crippen LogP contribution in [0.5, 0.6) is 6.01 Å². The lowest BCUT2D eigenvalue weighted by Crippen LogP contribution is -2.55. The van der Waals surface area contributed by atoms with Crippen LogP contribution in [0.25, 0.3) is 10.8 Å². The molecular formula is C33H37ClFN7O3. The highest BCUT2D eigenvalue weighted by molar-refractivity contribution is 6.36. The summed E-state index contributed by atoms with van der Waals surface area (Å²) in [7, 11) is 4.06. The monoisotopic (exact) mass is 633 g/mol. The van der Waals surface area contributed by atoms with Gasteiger partial charge in [0.05, 0.1) is 54.4 Å². The highest BCUT2D eigenvalue weighted by atomic mass is 35.5. The number of anilines is 2. The molecule has 0 saturated carbocycles. The van der Waals surface area contributed by atoms with Crippen molar-refractivity contribution in [3.63, 3.8) is 0 Å². The van der Waals surface area contributed by atoms with Crippen LogP contribution in [0, 0.1) is 22.6 Å². The van der Waals surface area contributed by atoms with Crippen molar-refractivity contribution in [2.24, 2.45) is 5.41 Å². The molecular weight excluding hydrogens is 597 g/mol. The number of ether oxygens (including phenoxy) is 2. The molecule has 12 heteroatoms. The van der Waals surface area contributed by atoms with Crippen LogP contribution in [0.3, 0.4) is 0 Å². The molecule has 3 aliphatic rings. The van der Waals surface area contributed by atoms with E-state index in [0.29, 0.717) is 64.4 Å². The second-order valence-corrected chi connectivity index (χ2v) is 12.8. The number of piperazine rings is 1. The molecule has 0 aliphatic carbocycles. The van der Waals surface area contributed by atoms with Crippen LogP contribution in [0.4, 0.5) is 15.9 Å². The van der Waals surface area contributed by atoms with E-state index in [1.807, 2.05) is 32.3 Å². The summed E-state index contributed by atoms with van der Waals surface area (Å²) in [6, 6.07) is 11.2. The van der Waals surface area contributed by atoms with E-state index >= 15 is 0 Å². The van der Waals surface area contributed by atoms with Gasteiger partial charge in [0, 0.05) is 49.4 Å². The number of halogens is 2. The van der Waals surface area contributed by atoms with Crippen molar-refractivity contribution in [1.29, 1.82) is 5.26 Å². The third-order valence-corrected chi connectivity index (χ3v) is 9.19. The van der Waals surface area contributed by atoms with Crippen LogP contribution in [-0.4, -0.2) is 98.4 Å². The lowest BCUT2D eigenvalue weighted by atomic mass is 9.86. The number of carbonyl (C=O) groups is 1. The second-order valence-electron chi connectivity index (χ2n) is 12.4. The van der Waals surface area contributed by atoms with Crippen molar-refractivity contribution in [3.05, 3.63) is 65.1 Å². The Morgan fingerprint density at radius 3 is 2.78 bits per heavy atom. The largest absolute Gasteiger partial charge is 0.463 e. The third-order valence-electron chi connectivity index (χ3n) is 8.82. The number of nitriles is 1. The number of amides is 1. The first kappa shape index (κ1) is 31.0. The summed E-state index contributed by atoms with van der Waals surface area (Å²) < 4.78 is 26.5. The minimum Gasteiger partial charge on any atom is -0.463 e. The minimum absolute atomic E-state index is 0.102. The molecule has 0 N–H and O–H groups in total. The Bertz CT molecular complexity index is 1660. The van der Waals surface area contributed by atoms with Gasteiger partial charge in [0.25, 0.3) is 0 Å². The van der Waals surface area contributed by atoms with Crippen molar-refractivity contribution in [1.82, 2.24) is 19.8 Å². The Kier molecular flexibility index (Phi) is 8.82. The Balaban J connectivity index is 1.35. The summed E-state index contributed by atoms with van der Waals surface area (Å²) in [6.45, 7) is 8.61. The molecule has 1 unspecified atom stereocenters. The molecule has 0 radical (unpaired) electrons. The van der Waals surface area contributed by atoms with Gasteiger partial charge in [-0.2, -0.15) is 15.2 Å². The van der Waals surface area contributed by atoms with E-state index in [1.54, 1.807) is 11.0 Å². The average molecular weight is 634 g/mol. The Morgan fingerprint density at radius 1 is 1.24 bits per heavy atom. The highest BCUT2D eigenvalue weighted by Crippen LogP contribution is 2.38. The zero-order valence-electron chi connectivity index (χ0n) is 25.6. The molecule has 0 bridgehead atoms. The molecule has 1 amide bonds. The van der Waals surface area contributed by atoms with Crippen LogP contribution in [0.1, 0.15) is 17.7 Å². The summed E-state index contributed by atoms with van der Waals surface area (Å²) in [5.74, 6) is 0.122. The Labute approximate surface area is 267 Å². The smallest absolute Gasteiger partial charge is 0.318 e. The predicted molar refractivity (Wildman–Crippen MR) is 171 cm³/mol. The van der Waals surface area contributed by atoms with E-state index in [-0.39, 0.29) is 34.8 Å². The van der Waals surface area contributed by atoms with E-state index in [4.69, 9.17) is 31.0 Å². The summed E-state index contributed by atoms with van der Waals surface area (Å²) in [5.41, 5.74) is 2.52. The number of hydrogen-bond acceptors (Lipinski definition) is 9. The number of nitrogens with zero attached hydrogens (tertiary/aromatic N) is 7. The van der Waals surface area contributed by atoms with Gasteiger partial charge in [-0.05, 0) is 44.1 Å². The third kappa shape index (κ3) is 6.15. The molecule has 1 aromatic heterocycles. The number of aromatic nitrogens is 2. The van der Waals surface area contributed by atoms with Crippen molar-refractivity contribution >= 4 is 39.8 Å². The van der Waals surface area contributed by atoms with Gasteiger partial charge in [-0.1, -0.05) is 36.4 Å². The second kappa shape index (κ2) is 12.8. The van der Waals surface area contributed by atoms with Crippen LogP contribution in [0.15, 0.2) is 43.0 Å². The molecule has 236 valence electrons. The molecule has 2 aromatic carbocycles. The lowest BCUT2D eigenvalue weighted by molar-refractivity contribution is -0.140. The van der Waals surface area contributed by atoms with Gasteiger partial charge in [0.2, 0.25) is 5.91 Å². The average Bonchev–Trinajstić information content (AvgIpc) is 3.02. The first-order valence-electron chi connectivity index (χ1n) is 15.1. The fraction of sp³-hybridized carbons (Fsp3) is 0.455. The fourth-order valence-electron chi connectivity index (χ4n) is 6.71. The number of rotatable bonds is 9. The van der Waals surface area contributed by atoms with Gasteiger partial charge in [0.1, 0.15) is 18.2 Å². The minimum atomic E-state index is -0.457. The van der Waals surface area contributed by atoms with Crippen molar-refractivity contribution in [2.75, 3.05) is 76.4 Å². The van der Waals surface area contributed by atoms with Gasteiger partial charge in [-0.3, -0.25) is 4.79 Å². The molecule has 6 rings (SSSR count). The molecule has 3 aromatic rings. The lowest BCUT2D eigenvalue weighted by Gasteiger charge is -2.43. The number of benzene rings is 2. The van der Waals surface area contributed by atoms with E-state index < -0.39 is 5.82 Å². The first-order valence-corrected chi connectivity index (χ1v) is 15.5. The summed E-state index contributed by atoms with van der Waals surface area (Å²) in [5, 5.41) is 11.2. The van der Waals surface area contributed by atoms with Gasteiger partial charge >= 0.3 is 6.01 Å². The molecule has 4 heterocycles. The maximum atomic E-state index is 14.6. The van der Waals surface area contributed by atoms with Crippen molar-refractivity contribution in [2.45, 2.75) is 25.4 Å². The quantitative estimate of drug-likeness (QED) is 0.323. The standard InChI is InChI=1S/C33H37ClFN7O3/c1-4-28(43)42-15-14-41(16-23(42)10-12-36)31-24-11-13-40(27-7-5-6-22-8-9-25(35)30(34)29(22)27)17-26(24)37-32(38-31)45-21-33(18-39(2)3)19-44-20-33/h4-9,23H,1,10-11,13-21H2,2-3H3. The van der Waals surface area contributed by atoms with E-state index in [0.717, 1.165) is 34.7 Å². The summed E-state index contributed by atoms with van der Waals surface area (Å²) in [4.78, 5) is 30.6. The SMILES string of the molecule is C=CC(=O)N1CCN(c2nc(OCC3(CN(C)C)COC3)nc3c2CCN(c2cccc4ccc(F)c(Cl)c24)C3)CC1CC#N. The van der Waals surface area contributed by atoms with Crippen LogP contribution < -0.4 is 14.5 Å². The molecule has 3 aliphatic heterocycles. The zero-order chi connectivity index (χ0) is 31.7. The van der Waals surface area contributed by atoms with Crippen molar-refractivity contribution < 1.29 is 18.7 Å². The molecule has 10 nitrogen and oxygen atoms in total. The normalized spacial score (nSPS) is 19.2. The van der Waals surface area contributed by atoms with Crippen LogP contribution in [-0.2, 0) is 22.5 Å². The predicted octanol–water partition coefficient (Wildman–Crippen LogP) is 4.06. The van der Waals surface area contributed by atoms with Crippen LogP contribution >= 0.6 is 11.6 Å². The molecule has 45 heavy (non-hydrogen) atoms. The van der Waals surface area contributed by atoms with Crippen LogP contribution in [0.2, 0.25) is 5.02 Å². The molecule has 2 fully saturated rings. The Morgan fingerprint density at radius 2 is 2.07 bits per heavy atom. The summed E-state index contributed by atoms with van der Waals surface area (Å²) >= 11 is 6.50. The van der Waals surface area contributed by atoms with Gasteiger partial charge < -0.3 is 29.1 Å². The van der Waals surface area contributed by atoms with Crippen molar-refractivity contribution in [3.8, 4) is 12.1 Å². The fourth-order valence-corrected chi connectivity index (χ4v) is 6.98. The Hall–Kier alpha value is -3.98. The number of hydrogen-bond donors (Lipinski definition) is 0. The van der Waals surface area contributed by atoms with Gasteiger partial charge in [0.15, 0.2) is 0 Å². The van der Waals surface area contributed by atoms with Gasteiger partial charge in [-0.15, -0.1) is 0 Å². The topological polar surface area (TPSA) is 98.1 Å². The molecule has 2 saturated heterocycles. The van der Waals surface area contributed by atoms with Gasteiger partial charge in [-0.25, -0.2) is 4.39 Å². The maximum Gasteiger partial charge on any atom is 0.318 e. The zero-order valence-corrected chi connectivity index (χ0v) is 26.4. The number of fused-ring (bicyclic) bond motifs is 2. The first-order chi connectivity index (χ1) is 21.7. The molecule has 1 atom stereocenters. The summed E-state index contributed by atoms with van der Waals surface area (Å²) in [6.07, 6.45) is 2.14. The highest BCUT2D eigenvalue weighted by Gasteiger charge is 2.41. The van der Waals surface area contributed by atoms with E-state index in [2.05, 4.69) is 27.3 Å².